The predicted molar refractivity (Wildman–Crippen MR) is 121 cm³/mol. The molecular weight excluding hydrogens is 376 g/mol. The molecule has 0 heterocycles. The summed E-state index contributed by atoms with van der Waals surface area (Å²) in [5, 5.41) is 9.45. The number of carboxylic acid groups (broad SMARTS) is 1. The first-order valence-corrected chi connectivity index (χ1v) is 12.9. The van der Waals surface area contributed by atoms with E-state index in [2.05, 4.69) is 20.8 Å². The smallest absolute Gasteiger partial charge is 0.309 e. The van der Waals surface area contributed by atoms with E-state index < -0.39 is 17.8 Å². The molecule has 0 aromatic rings. The van der Waals surface area contributed by atoms with Crippen molar-refractivity contribution in [2.45, 2.75) is 111 Å². The summed E-state index contributed by atoms with van der Waals surface area (Å²) in [7, 11) is 0. The van der Waals surface area contributed by atoms with Crippen LogP contribution in [0.5, 0.6) is 0 Å². The standard InChI is InChI=1S/C26H46O4/c1-4-6-7-8-9-10-13-22-19(3)21(17-16-20(22)5-2)18-30-26(29)24-15-12-11-14-23(24)25(27)28/h19-24H,4-18H2,1-3H3,(H,27,28). The third-order valence-electron chi connectivity index (χ3n) is 8.17. The van der Waals surface area contributed by atoms with Gasteiger partial charge in [-0.15, -0.1) is 0 Å². The van der Waals surface area contributed by atoms with Crippen LogP contribution < -0.4 is 0 Å². The van der Waals surface area contributed by atoms with E-state index in [1.807, 2.05) is 0 Å². The fourth-order valence-electron chi connectivity index (χ4n) is 6.09. The van der Waals surface area contributed by atoms with Crippen molar-refractivity contribution in [1.29, 1.82) is 0 Å². The van der Waals surface area contributed by atoms with Gasteiger partial charge in [0, 0.05) is 0 Å². The lowest BCUT2D eigenvalue weighted by atomic mass is 9.65. The topological polar surface area (TPSA) is 63.6 Å². The van der Waals surface area contributed by atoms with Crippen LogP contribution in [0.4, 0.5) is 0 Å². The van der Waals surface area contributed by atoms with Crippen LogP contribution in [-0.2, 0) is 14.3 Å². The SMILES string of the molecule is CCCCCCCCC1C(CC)CCC(COC(=O)C2CCCCC2C(=O)O)C1C. The molecule has 2 fully saturated rings. The maximum atomic E-state index is 12.7. The Balaban J connectivity index is 1.83. The number of rotatable bonds is 12. The highest BCUT2D eigenvalue weighted by atomic mass is 16.5. The molecular formula is C26H46O4. The highest BCUT2D eigenvalue weighted by Gasteiger charge is 2.39. The van der Waals surface area contributed by atoms with Gasteiger partial charge in [0.25, 0.3) is 0 Å². The molecule has 4 nitrogen and oxygen atoms in total. The second kappa shape index (κ2) is 13.4. The highest BCUT2D eigenvalue weighted by molar-refractivity contribution is 5.81. The molecule has 0 aromatic carbocycles. The monoisotopic (exact) mass is 422 g/mol. The number of aliphatic carboxylic acids is 1. The Morgan fingerprint density at radius 1 is 0.867 bits per heavy atom. The number of hydrogen-bond acceptors (Lipinski definition) is 3. The van der Waals surface area contributed by atoms with Gasteiger partial charge in [0.1, 0.15) is 0 Å². The first kappa shape index (κ1) is 25.2. The summed E-state index contributed by atoms with van der Waals surface area (Å²) in [6.07, 6.45) is 16.1. The zero-order valence-corrected chi connectivity index (χ0v) is 19.7. The maximum absolute atomic E-state index is 12.7. The van der Waals surface area contributed by atoms with Crippen molar-refractivity contribution in [2.24, 2.45) is 35.5 Å². The Hall–Kier alpha value is -1.06. The van der Waals surface area contributed by atoms with E-state index in [4.69, 9.17) is 4.74 Å². The van der Waals surface area contributed by atoms with E-state index in [1.54, 1.807) is 0 Å². The van der Waals surface area contributed by atoms with Crippen LogP contribution in [0.3, 0.4) is 0 Å². The Kier molecular flexibility index (Phi) is 11.2. The van der Waals surface area contributed by atoms with Crippen LogP contribution in [0.15, 0.2) is 0 Å². The average molecular weight is 423 g/mol. The van der Waals surface area contributed by atoms with Crippen molar-refractivity contribution in [1.82, 2.24) is 0 Å². The lowest BCUT2D eigenvalue weighted by molar-refractivity contribution is -0.161. The van der Waals surface area contributed by atoms with Crippen molar-refractivity contribution >= 4 is 11.9 Å². The fraction of sp³-hybridized carbons (Fsp3) is 0.923. The number of esters is 1. The number of unbranched alkanes of at least 4 members (excludes halogenated alkanes) is 5. The Morgan fingerprint density at radius 2 is 1.50 bits per heavy atom. The lowest BCUT2D eigenvalue weighted by Gasteiger charge is -2.41. The van der Waals surface area contributed by atoms with Crippen LogP contribution in [0.2, 0.25) is 0 Å². The molecule has 4 heteroatoms. The molecule has 0 aliphatic heterocycles. The van der Waals surface area contributed by atoms with Gasteiger partial charge in [0.05, 0.1) is 18.4 Å². The van der Waals surface area contributed by atoms with E-state index in [0.717, 1.165) is 31.1 Å². The minimum absolute atomic E-state index is 0.264. The van der Waals surface area contributed by atoms with Gasteiger partial charge < -0.3 is 9.84 Å². The molecule has 2 rings (SSSR count). The predicted octanol–water partition coefficient (Wildman–Crippen LogP) is 6.86. The van der Waals surface area contributed by atoms with E-state index in [9.17, 15) is 14.7 Å². The minimum Gasteiger partial charge on any atom is -0.481 e. The number of hydrogen-bond donors (Lipinski definition) is 1. The molecule has 0 amide bonds. The molecule has 2 saturated carbocycles. The summed E-state index contributed by atoms with van der Waals surface area (Å²) in [4.78, 5) is 24.2. The molecule has 0 bridgehead atoms. The molecule has 0 spiro atoms. The summed E-state index contributed by atoms with van der Waals surface area (Å²) in [6, 6.07) is 0. The molecule has 0 saturated heterocycles. The van der Waals surface area contributed by atoms with Crippen LogP contribution in [0, 0.1) is 35.5 Å². The summed E-state index contributed by atoms with van der Waals surface area (Å²) in [5.74, 6) is 0.434. The van der Waals surface area contributed by atoms with Crippen LogP contribution in [0.1, 0.15) is 111 Å². The lowest BCUT2D eigenvalue weighted by Crippen LogP contribution is -2.38. The molecule has 6 unspecified atom stereocenters. The van der Waals surface area contributed by atoms with Gasteiger partial charge in [0.15, 0.2) is 0 Å². The van der Waals surface area contributed by atoms with Gasteiger partial charge in [0.2, 0.25) is 0 Å². The number of carbonyl (C=O) groups excluding carboxylic acids is 1. The van der Waals surface area contributed by atoms with E-state index in [1.165, 1.54) is 57.8 Å². The van der Waals surface area contributed by atoms with Crippen LogP contribution in [0.25, 0.3) is 0 Å². The zero-order valence-electron chi connectivity index (χ0n) is 19.7. The first-order valence-electron chi connectivity index (χ1n) is 12.9. The molecule has 0 radical (unpaired) electrons. The minimum atomic E-state index is -0.840. The summed E-state index contributed by atoms with van der Waals surface area (Å²) in [5.41, 5.74) is 0. The van der Waals surface area contributed by atoms with Gasteiger partial charge in [-0.2, -0.15) is 0 Å². The largest absolute Gasteiger partial charge is 0.481 e. The molecule has 0 aromatic heterocycles. The fourth-order valence-corrected chi connectivity index (χ4v) is 6.09. The van der Waals surface area contributed by atoms with Gasteiger partial charge in [-0.05, 0) is 55.8 Å². The second-order valence-electron chi connectivity index (χ2n) is 10.1. The maximum Gasteiger partial charge on any atom is 0.309 e. The first-order chi connectivity index (χ1) is 14.5. The third kappa shape index (κ3) is 7.27. The Bertz CT molecular complexity index is 517. The van der Waals surface area contributed by atoms with E-state index in [0.29, 0.717) is 31.3 Å². The summed E-state index contributed by atoms with van der Waals surface area (Å²) in [6.45, 7) is 7.43. The van der Waals surface area contributed by atoms with Crippen molar-refractivity contribution in [3.8, 4) is 0 Å². The second-order valence-corrected chi connectivity index (χ2v) is 10.1. The summed E-state index contributed by atoms with van der Waals surface area (Å²) >= 11 is 0. The zero-order chi connectivity index (χ0) is 21.9. The van der Waals surface area contributed by atoms with Gasteiger partial charge in [-0.3, -0.25) is 9.59 Å². The van der Waals surface area contributed by atoms with Crippen molar-refractivity contribution < 1.29 is 19.4 Å². The van der Waals surface area contributed by atoms with Gasteiger partial charge >= 0.3 is 11.9 Å². The molecule has 6 atom stereocenters. The Morgan fingerprint density at radius 3 is 2.17 bits per heavy atom. The Labute approximate surface area is 184 Å². The van der Waals surface area contributed by atoms with Crippen molar-refractivity contribution in [3.05, 3.63) is 0 Å². The number of carboxylic acids is 1. The van der Waals surface area contributed by atoms with Crippen LogP contribution >= 0.6 is 0 Å². The quantitative estimate of drug-likeness (QED) is 0.276. The van der Waals surface area contributed by atoms with Crippen molar-refractivity contribution in [3.63, 3.8) is 0 Å². The van der Waals surface area contributed by atoms with E-state index in [-0.39, 0.29) is 5.97 Å². The highest BCUT2D eigenvalue weighted by Crippen LogP contribution is 2.43. The number of carbonyl (C=O) groups is 2. The molecule has 174 valence electrons. The van der Waals surface area contributed by atoms with Gasteiger partial charge in [-0.1, -0.05) is 78.6 Å². The molecule has 1 N–H and O–H groups in total. The molecule has 2 aliphatic rings. The van der Waals surface area contributed by atoms with Crippen LogP contribution in [-0.4, -0.2) is 23.7 Å². The third-order valence-corrected chi connectivity index (χ3v) is 8.17. The van der Waals surface area contributed by atoms with Crippen molar-refractivity contribution in [2.75, 3.05) is 6.61 Å². The van der Waals surface area contributed by atoms with E-state index >= 15 is 0 Å². The number of ether oxygens (including phenoxy) is 1. The average Bonchev–Trinajstić information content (AvgIpc) is 2.75. The normalized spacial score (nSPS) is 32.0. The molecule has 30 heavy (non-hydrogen) atoms. The summed E-state index contributed by atoms with van der Waals surface area (Å²) < 4.78 is 5.76. The van der Waals surface area contributed by atoms with Gasteiger partial charge in [-0.25, -0.2) is 0 Å². The molecule has 2 aliphatic carbocycles.